The SMILES string of the molecule is C1=C=C(c2ccc3ccc4ccc(-c5cccc(-c6ccc7sc8ccccc8c7c6)c5)nc4c3n2)C=CC=1. The number of aromatic nitrogens is 2. The Morgan fingerprint density at radius 2 is 1.28 bits per heavy atom. The molecule has 0 unspecified atom stereocenters. The van der Waals surface area contributed by atoms with Gasteiger partial charge >= 0.3 is 0 Å². The summed E-state index contributed by atoms with van der Waals surface area (Å²) in [5.41, 5.74) is 14.2. The third-order valence-corrected chi connectivity index (χ3v) is 8.47. The van der Waals surface area contributed by atoms with Crippen LogP contribution in [0.1, 0.15) is 5.69 Å². The highest BCUT2D eigenvalue weighted by Crippen LogP contribution is 2.37. The molecule has 39 heavy (non-hydrogen) atoms. The molecule has 4 aromatic carbocycles. The van der Waals surface area contributed by atoms with E-state index in [1.165, 1.54) is 31.3 Å². The van der Waals surface area contributed by atoms with Gasteiger partial charge in [-0.1, -0.05) is 84.3 Å². The summed E-state index contributed by atoms with van der Waals surface area (Å²) in [6, 6.07) is 36.7. The number of benzene rings is 4. The van der Waals surface area contributed by atoms with Crippen LogP contribution in [0.5, 0.6) is 0 Å². The van der Waals surface area contributed by atoms with Gasteiger partial charge in [0.15, 0.2) is 0 Å². The van der Waals surface area contributed by atoms with E-state index in [2.05, 4.69) is 109 Å². The van der Waals surface area contributed by atoms with Gasteiger partial charge in [0.2, 0.25) is 0 Å². The summed E-state index contributed by atoms with van der Waals surface area (Å²) in [6.07, 6.45) is 5.82. The zero-order chi connectivity index (χ0) is 25.8. The molecule has 0 N–H and O–H groups in total. The number of fused-ring (bicyclic) bond motifs is 6. The molecular formula is C36H20N2S. The van der Waals surface area contributed by atoms with Crippen molar-refractivity contribution in [2.75, 3.05) is 0 Å². The Morgan fingerprint density at radius 1 is 0.564 bits per heavy atom. The van der Waals surface area contributed by atoms with Crippen molar-refractivity contribution in [2.45, 2.75) is 0 Å². The highest BCUT2D eigenvalue weighted by molar-refractivity contribution is 7.25. The summed E-state index contributed by atoms with van der Waals surface area (Å²) in [5, 5.41) is 4.77. The van der Waals surface area contributed by atoms with Gasteiger partial charge in [0.05, 0.1) is 28.0 Å². The molecule has 0 fully saturated rings. The van der Waals surface area contributed by atoms with E-state index in [1.807, 2.05) is 35.6 Å². The van der Waals surface area contributed by atoms with Crippen LogP contribution in [0.2, 0.25) is 0 Å². The first kappa shape index (κ1) is 22.0. The molecular weight excluding hydrogens is 492 g/mol. The highest BCUT2D eigenvalue weighted by Gasteiger charge is 2.11. The van der Waals surface area contributed by atoms with Gasteiger partial charge in [-0.15, -0.1) is 11.3 Å². The van der Waals surface area contributed by atoms with Crippen molar-refractivity contribution >= 4 is 58.9 Å². The molecule has 8 rings (SSSR count). The van der Waals surface area contributed by atoms with Crippen LogP contribution in [0, 0.1) is 0 Å². The van der Waals surface area contributed by atoms with E-state index in [9.17, 15) is 0 Å². The Morgan fingerprint density at radius 3 is 2.13 bits per heavy atom. The lowest BCUT2D eigenvalue weighted by atomic mass is 9.99. The number of nitrogens with zero attached hydrogens (tertiary/aromatic N) is 2. The topological polar surface area (TPSA) is 25.8 Å². The van der Waals surface area contributed by atoms with E-state index in [1.54, 1.807) is 0 Å². The zero-order valence-electron chi connectivity index (χ0n) is 20.8. The average Bonchev–Trinajstić information content (AvgIpc) is 3.39. The maximum absolute atomic E-state index is 5.15. The predicted octanol–water partition coefficient (Wildman–Crippen LogP) is 9.75. The zero-order valence-corrected chi connectivity index (χ0v) is 21.7. The van der Waals surface area contributed by atoms with Crippen LogP contribution in [0.3, 0.4) is 0 Å². The van der Waals surface area contributed by atoms with Gasteiger partial charge in [0.1, 0.15) is 0 Å². The number of hydrogen-bond acceptors (Lipinski definition) is 3. The Hall–Kier alpha value is -5.04. The Balaban J connectivity index is 1.25. The Bertz CT molecular complexity index is 2250. The number of hydrogen-bond donors (Lipinski definition) is 0. The van der Waals surface area contributed by atoms with E-state index in [0.29, 0.717) is 0 Å². The molecule has 0 aliphatic heterocycles. The van der Waals surface area contributed by atoms with Crippen molar-refractivity contribution in [3.63, 3.8) is 0 Å². The molecule has 3 heteroatoms. The summed E-state index contributed by atoms with van der Waals surface area (Å²) in [7, 11) is 0. The van der Waals surface area contributed by atoms with Crippen LogP contribution >= 0.6 is 11.3 Å². The van der Waals surface area contributed by atoms with Crippen LogP contribution < -0.4 is 0 Å². The molecule has 1 aliphatic carbocycles. The second kappa shape index (κ2) is 8.77. The molecule has 3 heterocycles. The van der Waals surface area contributed by atoms with Crippen molar-refractivity contribution in [3.8, 4) is 22.4 Å². The van der Waals surface area contributed by atoms with Crippen molar-refractivity contribution in [3.05, 3.63) is 139 Å². The van der Waals surface area contributed by atoms with Crippen LogP contribution in [0.15, 0.2) is 133 Å². The van der Waals surface area contributed by atoms with Gasteiger partial charge in [0, 0.05) is 36.5 Å². The van der Waals surface area contributed by atoms with Gasteiger partial charge in [-0.2, -0.15) is 0 Å². The van der Waals surface area contributed by atoms with Crippen LogP contribution in [0.25, 0.3) is 69.9 Å². The molecule has 0 bridgehead atoms. The van der Waals surface area contributed by atoms with E-state index < -0.39 is 0 Å². The van der Waals surface area contributed by atoms with Gasteiger partial charge in [-0.05, 0) is 59.7 Å². The van der Waals surface area contributed by atoms with Crippen LogP contribution in [-0.2, 0) is 0 Å². The van der Waals surface area contributed by atoms with Gasteiger partial charge < -0.3 is 0 Å². The smallest absolute Gasteiger partial charge is 0.0972 e. The van der Waals surface area contributed by atoms with Crippen molar-refractivity contribution in [1.82, 2.24) is 9.97 Å². The lowest BCUT2D eigenvalue weighted by molar-refractivity contribution is 1.34. The predicted molar refractivity (Wildman–Crippen MR) is 165 cm³/mol. The standard InChI is InChI=1S/C36H20N2S/c1-2-7-23(8-3-1)31-18-15-24-13-14-25-16-19-32(38-36(25)35(24)37-31)28-10-6-9-26(21-28)27-17-20-34-30(22-27)29-11-4-5-12-33(29)39-34/h1-2,4-7,9-22H. The first-order valence-corrected chi connectivity index (χ1v) is 13.7. The maximum Gasteiger partial charge on any atom is 0.0972 e. The molecule has 0 spiro atoms. The molecule has 1 aliphatic rings. The Labute approximate surface area is 229 Å². The fourth-order valence-electron chi connectivity index (χ4n) is 5.35. The first-order chi connectivity index (χ1) is 19.3. The molecule has 0 atom stereocenters. The number of pyridine rings is 2. The molecule has 180 valence electrons. The third-order valence-electron chi connectivity index (χ3n) is 7.31. The molecule has 3 aromatic heterocycles. The largest absolute Gasteiger partial charge is 0.245 e. The monoisotopic (exact) mass is 512 g/mol. The highest BCUT2D eigenvalue weighted by atomic mass is 32.1. The second-order valence-electron chi connectivity index (χ2n) is 9.70. The molecule has 7 aromatic rings. The van der Waals surface area contributed by atoms with E-state index in [4.69, 9.17) is 9.97 Å². The lowest BCUT2D eigenvalue weighted by Crippen LogP contribution is -1.92. The maximum atomic E-state index is 5.15. The summed E-state index contributed by atoms with van der Waals surface area (Å²) >= 11 is 1.85. The molecule has 0 radical (unpaired) electrons. The lowest BCUT2D eigenvalue weighted by Gasteiger charge is -2.09. The van der Waals surface area contributed by atoms with E-state index in [0.717, 1.165) is 44.3 Å². The molecule has 0 saturated carbocycles. The van der Waals surface area contributed by atoms with Crippen molar-refractivity contribution in [2.24, 2.45) is 0 Å². The van der Waals surface area contributed by atoms with Crippen LogP contribution in [-0.4, -0.2) is 9.97 Å². The summed E-state index contributed by atoms with van der Waals surface area (Å²) in [6.45, 7) is 0. The normalized spacial score (nSPS) is 12.7. The summed E-state index contributed by atoms with van der Waals surface area (Å²) in [4.78, 5) is 10.2. The fraction of sp³-hybridized carbons (Fsp3) is 0. The first-order valence-electron chi connectivity index (χ1n) is 12.9. The number of rotatable bonds is 3. The van der Waals surface area contributed by atoms with Crippen LogP contribution in [0.4, 0.5) is 0 Å². The van der Waals surface area contributed by atoms with Gasteiger partial charge in [0.25, 0.3) is 0 Å². The van der Waals surface area contributed by atoms with Gasteiger partial charge in [-0.3, -0.25) is 0 Å². The van der Waals surface area contributed by atoms with E-state index >= 15 is 0 Å². The third kappa shape index (κ3) is 3.74. The minimum Gasteiger partial charge on any atom is -0.245 e. The minimum absolute atomic E-state index is 0.873. The summed E-state index contributed by atoms with van der Waals surface area (Å²) < 4.78 is 2.64. The molecule has 2 nitrogen and oxygen atoms in total. The second-order valence-corrected chi connectivity index (χ2v) is 10.8. The van der Waals surface area contributed by atoms with E-state index in [-0.39, 0.29) is 0 Å². The summed E-state index contributed by atoms with van der Waals surface area (Å²) in [5.74, 6) is 0. The average molecular weight is 513 g/mol. The minimum atomic E-state index is 0.873. The van der Waals surface area contributed by atoms with Crippen molar-refractivity contribution in [1.29, 1.82) is 0 Å². The molecule has 0 saturated heterocycles. The Kier molecular flexibility index (Phi) is 4.94. The quantitative estimate of drug-likeness (QED) is 0.174. The fourth-order valence-corrected chi connectivity index (χ4v) is 6.43. The van der Waals surface area contributed by atoms with Crippen molar-refractivity contribution < 1.29 is 0 Å². The molecule has 0 amide bonds. The van der Waals surface area contributed by atoms with Gasteiger partial charge in [-0.25, -0.2) is 9.97 Å². The number of thiophene rings is 1. The number of allylic oxidation sites excluding steroid dienone is 4.